The third kappa shape index (κ3) is 5.03. The first-order valence-electron chi connectivity index (χ1n) is 10.2. The molecule has 32 heavy (non-hydrogen) atoms. The van der Waals surface area contributed by atoms with Gasteiger partial charge in [-0.1, -0.05) is 48.5 Å². The highest BCUT2D eigenvalue weighted by molar-refractivity contribution is 8.18. The van der Waals surface area contributed by atoms with E-state index >= 15 is 0 Å². The van der Waals surface area contributed by atoms with Crippen LogP contribution in [0.5, 0.6) is 11.5 Å². The van der Waals surface area contributed by atoms with Crippen LogP contribution in [0.2, 0.25) is 0 Å². The van der Waals surface area contributed by atoms with E-state index in [-0.39, 0.29) is 5.91 Å². The number of amidine groups is 1. The molecule has 1 amide bonds. The first-order chi connectivity index (χ1) is 15.5. The van der Waals surface area contributed by atoms with Gasteiger partial charge >= 0.3 is 0 Å². The van der Waals surface area contributed by atoms with Crippen LogP contribution in [0.4, 0.5) is 5.69 Å². The van der Waals surface area contributed by atoms with Crippen LogP contribution in [0.25, 0.3) is 6.08 Å². The van der Waals surface area contributed by atoms with E-state index in [9.17, 15) is 4.79 Å². The van der Waals surface area contributed by atoms with Crippen LogP contribution in [0.15, 0.2) is 76.6 Å². The van der Waals surface area contributed by atoms with E-state index in [1.807, 2.05) is 79.7 Å². The zero-order chi connectivity index (χ0) is 22.5. The van der Waals surface area contributed by atoms with Crippen molar-refractivity contribution >= 4 is 34.6 Å². The summed E-state index contributed by atoms with van der Waals surface area (Å²) in [7, 11) is 1.60. The average Bonchev–Trinajstić information content (AvgIpc) is 3.14. The molecule has 3 aromatic rings. The molecule has 162 valence electrons. The minimum absolute atomic E-state index is 0.186. The molecule has 0 unspecified atom stereocenters. The molecule has 5 nitrogen and oxygen atoms in total. The third-order valence-electron chi connectivity index (χ3n) is 5.11. The van der Waals surface area contributed by atoms with Crippen molar-refractivity contribution in [2.45, 2.75) is 20.5 Å². The highest BCUT2D eigenvalue weighted by Crippen LogP contribution is 2.36. The molecule has 1 aliphatic rings. The van der Waals surface area contributed by atoms with Gasteiger partial charge in [0.1, 0.15) is 6.61 Å². The van der Waals surface area contributed by atoms with Gasteiger partial charge in [0.05, 0.1) is 17.7 Å². The summed E-state index contributed by atoms with van der Waals surface area (Å²) in [5.41, 5.74) is 5.00. The Morgan fingerprint density at radius 2 is 1.81 bits per heavy atom. The number of carbonyl (C=O) groups excluding carboxylic acids is 1. The van der Waals surface area contributed by atoms with Crippen LogP contribution in [-0.4, -0.2) is 18.2 Å². The lowest BCUT2D eigenvalue weighted by Gasteiger charge is -2.13. The van der Waals surface area contributed by atoms with Crippen LogP contribution in [-0.2, 0) is 11.4 Å². The van der Waals surface area contributed by atoms with E-state index in [2.05, 4.69) is 17.2 Å². The second-order valence-electron chi connectivity index (χ2n) is 7.40. The molecule has 6 heteroatoms. The molecule has 4 rings (SSSR count). The third-order valence-corrected chi connectivity index (χ3v) is 6.02. The number of benzene rings is 3. The lowest BCUT2D eigenvalue weighted by molar-refractivity contribution is -0.115. The van der Waals surface area contributed by atoms with Crippen LogP contribution in [0, 0.1) is 13.8 Å². The van der Waals surface area contributed by atoms with Crippen molar-refractivity contribution < 1.29 is 14.3 Å². The maximum Gasteiger partial charge on any atom is 0.264 e. The van der Waals surface area contributed by atoms with Crippen LogP contribution in [0.3, 0.4) is 0 Å². The Morgan fingerprint density at radius 1 is 1.00 bits per heavy atom. The van der Waals surface area contributed by atoms with Crippen molar-refractivity contribution in [2.24, 2.45) is 4.99 Å². The molecule has 1 aliphatic heterocycles. The highest BCUT2D eigenvalue weighted by atomic mass is 32.2. The van der Waals surface area contributed by atoms with E-state index in [1.165, 1.54) is 17.3 Å². The first kappa shape index (κ1) is 21.7. The fourth-order valence-electron chi connectivity index (χ4n) is 3.23. The van der Waals surface area contributed by atoms with Gasteiger partial charge in [-0.2, -0.15) is 0 Å². The van der Waals surface area contributed by atoms with Crippen molar-refractivity contribution in [3.05, 3.63) is 93.9 Å². The predicted octanol–water partition coefficient (Wildman–Crippen LogP) is 5.78. The van der Waals surface area contributed by atoms with E-state index < -0.39 is 0 Å². The summed E-state index contributed by atoms with van der Waals surface area (Å²) in [6.45, 7) is 4.51. The van der Waals surface area contributed by atoms with Crippen molar-refractivity contribution in [3.63, 3.8) is 0 Å². The largest absolute Gasteiger partial charge is 0.493 e. The molecule has 1 saturated heterocycles. The maximum absolute atomic E-state index is 12.6. The molecular formula is C26H24N2O3S. The number of para-hydroxylation sites is 1. The van der Waals surface area contributed by atoms with Gasteiger partial charge in [0.15, 0.2) is 16.7 Å². The zero-order valence-electron chi connectivity index (χ0n) is 18.2. The normalized spacial score (nSPS) is 15.8. The number of aryl methyl sites for hydroxylation is 2. The zero-order valence-corrected chi connectivity index (χ0v) is 19.0. The Bertz CT molecular complexity index is 1200. The number of aliphatic imine (C=N–C) groups is 1. The summed E-state index contributed by atoms with van der Waals surface area (Å²) in [5.74, 6) is 1.02. The van der Waals surface area contributed by atoms with Gasteiger partial charge in [0, 0.05) is 5.56 Å². The van der Waals surface area contributed by atoms with Crippen LogP contribution in [0.1, 0.15) is 22.3 Å². The summed E-state index contributed by atoms with van der Waals surface area (Å²) in [4.78, 5) is 17.7. The summed E-state index contributed by atoms with van der Waals surface area (Å²) < 4.78 is 11.6. The Hall–Kier alpha value is -3.51. The minimum Gasteiger partial charge on any atom is -0.493 e. The molecule has 1 heterocycles. The Morgan fingerprint density at radius 3 is 2.56 bits per heavy atom. The van der Waals surface area contributed by atoms with E-state index in [0.29, 0.717) is 28.2 Å². The Balaban J connectivity index is 1.59. The van der Waals surface area contributed by atoms with Crippen LogP contribution >= 0.6 is 11.8 Å². The van der Waals surface area contributed by atoms with Crippen molar-refractivity contribution in [2.75, 3.05) is 7.11 Å². The van der Waals surface area contributed by atoms with Gasteiger partial charge in [-0.3, -0.25) is 4.79 Å². The molecular weight excluding hydrogens is 420 g/mol. The smallest absolute Gasteiger partial charge is 0.264 e. The number of hydrogen-bond acceptors (Lipinski definition) is 5. The molecule has 0 spiro atoms. The molecule has 0 radical (unpaired) electrons. The number of amides is 1. The molecule has 0 atom stereocenters. The van der Waals surface area contributed by atoms with Gasteiger partial charge < -0.3 is 14.8 Å². The molecule has 0 saturated carbocycles. The van der Waals surface area contributed by atoms with E-state index in [1.54, 1.807) is 7.11 Å². The molecule has 0 aromatic heterocycles. The number of carbonyl (C=O) groups is 1. The Labute approximate surface area is 192 Å². The van der Waals surface area contributed by atoms with Crippen LogP contribution < -0.4 is 14.8 Å². The van der Waals surface area contributed by atoms with Crippen molar-refractivity contribution in [3.8, 4) is 11.5 Å². The van der Waals surface area contributed by atoms with Crippen molar-refractivity contribution in [1.29, 1.82) is 0 Å². The number of nitrogens with one attached hydrogen (secondary N) is 1. The standard InChI is InChI=1S/C26H24N2O3S/c1-17-12-13-21(14-18(17)2)27-26-28-25(29)23(32-26)15-20-10-7-11-22(30-3)24(20)31-16-19-8-5-4-6-9-19/h4-15H,16H2,1-3H3,(H,27,28,29). The fourth-order valence-corrected chi connectivity index (χ4v) is 4.06. The maximum atomic E-state index is 12.6. The Kier molecular flexibility index (Phi) is 6.61. The summed E-state index contributed by atoms with van der Waals surface area (Å²) >= 11 is 1.31. The van der Waals surface area contributed by atoms with Gasteiger partial charge in [0.25, 0.3) is 5.91 Å². The number of methoxy groups -OCH3 is 1. The fraction of sp³-hybridized carbons (Fsp3) is 0.154. The SMILES string of the molecule is COc1cccc(C=C2SC(=Nc3ccc(C)c(C)c3)NC2=O)c1OCc1ccccc1. The second kappa shape index (κ2) is 9.75. The molecule has 1 fully saturated rings. The van der Waals surface area contributed by atoms with Gasteiger partial charge in [-0.25, -0.2) is 4.99 Å². The second-order valence-corrected chi connectivity index (χ2v) is 8.43. The number of hydrogen-bond donors (Lipinski definition) is 1. The molecule has 0 aliphatic carbocycles. The highest BCUT2D eigenvalue weighted by Gasteiger charge is 2.25. The molecule has 3 aromatic carbocycles. The monoisotopic (exact) mass is 444 g/mol. The molecule has 0 bridgehead atoms. The van der Waals surface area contributed by atoms with Gasteiger partial charge in [-0.15, -0.1) is 0 Å². The van der Waals surface area contributed by atoms with Crippen molar-refractivity contribution in [1.82, 2.24) is 5.32 Å². The number of nitrogens with zero attached hydrogens (tertiary/aromatic N) is 1. The summed E-state index contributed by atoms with van der Waals surface area (Å²) in [6, 6.07) is 21.5. The quantitative estimate of drug-likeness (QED) is 0.490. The number of ether oxygens (including phenoxy) is 2. The number of rotatable bonds is 6. The van der Waals surface area contributed by atoms with E-state index in [0.717, 1.165) is 22.4 Å². The summed E-state index contributed by atoms with van der Waals surface area (Å²) in [5, 5.41) is 3.40. The summed E-state index contributed by atoms with van der Waals surface area (Å²) in [6.07, 6.45) is 1.81. The van der Waals surface area contributed by atoms with E-state index in [4.69, 9.17) is 9.47 Å². The lowest BCUT2D eigenvalue weighted by Crippen LogP contribution is -2.19. The number of thioether (sulfide) groups is 1. The average molecular weight is 445 g/mol. The van der Waals surface area contributed by atoms with Gasteiger partial charge in [-0.05, 0) is 66.6 Å². The topological polar surface area (TPSA) is 59.9 Å². The predicted molar refractivity (Wildman–Crippen MR) is 130 cm³/mol. The van der Waals surface area contributed by atoms with Gasteiger partial charge in [0.2, 0.25) is 0 Å². The lowest BCUT2D eigenvalue weighted by atomic mass is 10.1. The minimum atomic E-state index is -0.186. The first-order valence-corrected chi connectivity index (χ1v) is 11.1. The molecule has 1 N–H and O–H groups in total.